The van der Waals surface area contributed by atoms with Crippen LogP contribution in [0.5, 0.6) is 0 Å². The van der Waals surface area contributed by atoms with E-state index in [1.165, 1.54) is 4.31 Å². The highest BCUT2D eigenvalue weighted by atomic mass is 32.2. The van der Waals surface area contributed by atoms with Crippen LogP contribution in [0.2, 0.25) is 0 Å². The van der Waals surface area contributed by atoms with Crippen LogP contribution in [0.15, 0.2) is 26.9 Å². The Hall–Kier alpha value is -1.97. The molecule has 2 aromatic heterocycles. The minimum absolute atomic E-state index is 0.0391. The van der Waals surface area contributed by atoms with Crippen molar-refractivity contribution in [1.29, 1.82) is 0 Å². The van der Waals surface area contributed by atoms with Gasteiger partial charge >= 0.3 is 0 Å². The molecule has 1 saturated heterocycles. The van der Waals surface area contributed by atoms with Gasteiger partial charge in [0, 0.05) is 30.9 Å². The van der Waals surface area contributed by atoms with Crippen LogP contribution in [-0.4, -0.2) is 43.9 Å². The topological polar surface area (TPSA) is 92.5 Å². The third-order valence-electron chi connectivity index (χ3n) is 4.44. The van der Waals surface area contributed by atoms with E-state index in [-0.39, 0.29) is 22.5 Å². The largest absolute Gasteiger partial charge is 0.359 e. The molecule has 0 saturated carbocycles. The summed E-state index contributed by atoms with van der Waals surface area (Å²) in [4.78, 5) is 12.8. The maximum Gasteiger partial charge on any atom is 0.248 e. The molecule has 0 unspecified atom stereocenters. The summed E-state index contributed by atoms with van der Waals surface area (Å²) in [6, 6.07) is 3.85. The summed E-state index contributed by atoms with van der Waals surface area (Å²) in [6.45, 7) is 2.23. The van der Waals surface area contributed by atoms with Gasteiger partial charge in [0.1, 0.15) is 5.69 Å². The zero-order chi connectivity index (χ0) is 18.7. The van der Waals surface area contributed by atoms with Crippen molar-refractivity contribution in [2.75, 3.05) is 20.1 Å². The van der Waals surface area contributed by atoms with Crippen LogP contribution in [0.1, 0.15) is 29.2 Å². The molecule has 9 heteroatoms. The molecule has 1 aliphatic rings. The van der Waals surface area contributed by atoms with Crippen LogP contribution in [0.3, 0.4) is 0 Å². The van der Waals surface area contributed by atoms with Crippen molar-refractivity contribution in [3.63, 3.8) is 0 Å². The summed E-state index contributed by atoms with van der Waals surface area (Å²) in [5.74, 6) is 0.0420. The third kappa shape index (κ3) is 3.74. The normalized spacial score (nSPS) is 17.0. The lowest BCUT2D eigenvalue weighted by atomic mass is 9.97. The molecule has 140 valence electrons. The average Bonchev–Trinajstić information content (AvgIpc) is 3.29. The first-order chi connectivity index (χ1) is 12.4. The van der Waals surface area contributed by atoms with Crippen LogP contribution in [0.4, 0.5) is 0 Å². The van der Waals surface area contributed by atoms with E-state index in [2.05, 4.69) is 10.5 Å². The predicted molar refractivity (Wildman–Crippen MR) is 100 cm³/mol. The summed E-state index contributed by atoms with van der Waals surface area (Å²) in [5.41, 5.74) is 0.337. The number of hydrogen-bond donors (Lipinski definition) is 1. The van der Waals surface area contributed by atoms with Gasteiger partial charge in [-0.25, -0.2) is 8.42 Å². The van der Waals surface area contributed by atoms with Crippen molar-refractivity contribution in [3.8, 4) is 0 Å². The van der Waals surface area contributed by atoms with E-state index in [0.717, 1.165) is 4.88 Å². The van der Waals surface area contributed by atoms with Gasteiger partial charge in [-0.15, -0.1) is 11.3 Å². The number of rotatable bonds is 5. The van der Waals surface area contributed by atoms with Crippen molar-refractivity contribution < 1.29 is 17.7 Å². The van der Waals surface area contributed by atoms with Gasteiger partial charge in [-0.2, -0.15) is 4.31 Å². The van der Waals surface area contributed by atoms with E-state index in [1.54, 1.807) is 31.4 Å². The smallest absolute Gasteiger partial charge is 0.248 e. The number of sulfonamides is 1. The van der Waals surface area contributed by atoms with Gasteiger partial charge in [0.2, 0.25) is 15.9 Å². The summed E-state index contributed by atoms with van der Waals surface area (Å²) in [7, 11) is -2.13. The van der Waals surface area contributed by atoms with Crippen LogP contribution in [-0.2, 0) is 14.8 Å². The maximum absolute atomic E-state index is 13.1. The predicted octanol–water partition coefficient (Wildman–Crippen LogP) is 2.36. The van der Waals surface area contributed by atoms with Crippen molar-refractivity contribution >= 4 is 39.4 Å². The Morgan fingerprint density at radius 1 is 1.38 bits per heavy atom. The lowest BCUT2D eigenvalue weighted by Gasteiger charge is -2.30. The van der Waals surface area contributed by atoms with Gasteiger partial charge in [0.15, 0.2) is 10.7 Å². The number of aromatic nitrogens is 1. The van der Waals surface area contributed by atoms with Crippen molar-refractivity contribution in [2.24, 2.45) is 5.92 Å². The Balaban J connectivity index is 1.82. The van der Waals surface area contributed by atoms with Crippen molar-refractivity contribution in [1.82, 2.24) is 14.8 Å². The quantitative estimate of drug-likeness (QED) is 0.839. The van der Waals surface area contributed by atoms with Crippen molar-refractivity contribution in [3.05, 3.63) is 33.8 Å². The molecule has 0 aromatic carbocycles. The molecule has 0 bridgehead atoms. The second-order valence-corrected chi connectivity index (χ2v) is 8.96. The summed E-state index contributed by atoms with van der Waals surface area (Å²) in [6.07, 6.45) is 4.45. The molecule has 26 heavy (non-hydrogen) atoms. The Morgan fingerprint density at radius 2 is 2.12 bits per heavy atom. The molecule has 1 aliphatic heterocycles. The second-order valence-electron chi connectivity index (χ2n) is 6.10. The molecule has 0 radical (unpaired) electrons. The number of amides is 1. The first kappa shape index (κ1) is 18.8. The molecule has 1 fully saturated rings. The van der Waals surface area contributed by atoms with Gasteiger partial charge in [-0.1, -0.05) is 11.2 Å². The summed E-state index contributed by atoms with van der Waals surface area (Å²) < 4.78 is 32.8. The zero-order valence-electron chi connectivity index (χ0n) is 14.6. The number of carbonyl (C=O) groups excluding carboxylic acids is 1. The highest BCUT2D eigenvalue weighted by Crippen LogP contribution is 2.29. The van der Waals surface area contributed by atoms with Gasteiger partial charge in [0.05, 0.1) is 0 Å². The van der Waals surface area contributed by atoms with E-state index in [4.69, 9.17) is 4.52 Å². The number of nitrogens with zero attached hydrogens (tertiary/aromatic N) is 2. The zero-order valence-corrected chi connectivity index (χ0v) is 16.3. The van der Waals surface area contributed by atoms with Crippen molar-refractivity contribution in [2.45, 2.75) is 24.7 Å². The van der Waals surface area contributed by atoms with Crippen LogP contribution < -0.4 is 5.32 Å². The van der Waals surface area contributed by atoms with Crippen LogP contribution in [0, 0.1) is 12.8 Å². The SMILES string of the molecule is CNC(=O)C1CCN(S(=O)(=O)c2c(C)noc2C=Cc2cccs2)CC1. The lowest BCUT2D eigenvalue weighted by Crippen LogP contribution is -2.42. The fourth-order valence-electron chi connectivity index (χ4n) is 3.03. The molecule has 3 rings (SSSR count). The number of carbonyl (C=O) groups is 1. The molecule has 0 aliphatic carbocycles. The van der Waals surface area contributed by atoms with E-state index in [1.807, 2.05) is 23.6 Å². The fraction of sp³-hybridized carbons (Fsp3) is 0.412. The average molecular weight is 396 g/mol. The summed E-state index contributed by atoms with van der Waals surface area (Å²) in [5, 5.41) is 8.41. The molecule has 2 aromatic rings. The number of nitrogens with one attached hydrogen (secondary N) is 1. The number of aryl methyl sites for hydroxylation is 1. The lowest BCUT2D eigenvalue weighted by molar-refractivity contribution is -0.125. The van der Waals surface area contributed by atoms with Gasteiger partial charge in [-0.05, 0) is 43.4 Å². The Labute approximate surface area is 156 Å². The molecule has 3 heterocycles. The Morgan fingerprint density at radius 3 is 2.73 bits per heavy atom. The van der Waals surface area contributed by atoms with E-state index >= 15 is 0 Å². The van der Waals surface area contributed by atoms with Gasteiger partial charge < -0.3 is 9.84 Å². The molecule has 0 atom stereocenters. The van der Waals surface area contributed by atoms with Gasteiger partial charge in [-0.3, -0.25) is 4.79 Å². The molecule has 1 N–H and O–H groups in total. The number of piperidine rings is 1. The Bertz CT molecular complexity index is 893. The number of hydrogen-bond acceptors (Lipinski definition) is 6. The highest BCUT2D eigenvalue weighted by molar-refractivity contribution is 7.89. The van der Waals surface area contributed by atoms with Crippen LogP contribution in [0.25, 0.3) is 12.2 Å². The van der Waals surface area contributed by atoms with Gasteiger partial charge in [0.25, 0.3) is 0 Å². The number of thiophene rings is 1. The second kappa shape index (κ2) is 7.73. The van der Waals surface area contributed by atoms with Crippen LogP contribution >= 0.6 is 11.3 Å². The first-order valence-electron chi connectivity index (χ1n) is 8.33. The van der Waals surface area contributed by atoms with E-state index < -0.39 is 10.0 Å². The fourth-order valence-corrected chi connectivity index (χ4v) is 5.37. The molecule has 7 nitrogen and oxygen atoms in total. The monoisotopic (exact) mass is 395 g/mol. The third-order valence-corrected chi connectivity index (χ3v) is 7.34. The minimum atomic E-state index is -3.73. The standard InChI is InChI=1S/C17H21N3O4S2/c1-12-16(15(24-19-12)6-5-14-4-3-11-25-14)26(22,23)20-9-7-13(8-10-20)17(21)18-2/h3-6,11,13H,7-10H2,1-2H3,(H,18,21). The first-order valence-corrected chi connectivity index (χ1v) is 10.6. The molecule has 1 amide bonds. The van der Waals surface area contributed by atoms with E-state index in [9.17, 15) is 13.2 Å². The molecule has 0 spiro atoms. The molecular weight excluding hydrogens is 374 g/mol. The summed E-state index contributed by atoms with van der Waals surface area (Å²) >= 11 is 1.55. The maximum atomic E-state index is 13.1. The highest BCUT2D eigenvalue weighted by Gasteiger charge is 2.35. The molecular formula is C17H21N3O4S2. The van der Waals surface area contributed by atoms with E-state index in [0.29, 0.717) is 31.6 Å². The Kier molecular flexibility index (Phi) is 5.59. The minimum Gasteiger partial charge on any atom is -0.359 e.